The van der Waals surface area contributed by atoms with Crippen molar-refractivity contribution in [1.82, 2.24) is 14.9 Å². The molecular formula is C19H19N5O2. The van der Waals surface area contributed by atoms with E-state index in [1.54, 1.807) is 18.5 Å². The average molecular weight is 349 g/mol. The summed E-state index contributed by atoms with van der Waals surface area (Å²) < 4.78 is 0. The third-order valence-electron chi connectivity index (χ3n) is 4.19. The Balaban J connectivity index is 1.63. The third-order valence-corrected chi connectivity index (χ3v) is 4.19. The first-order valence-corrected chi connectivity index (χ1v) is 8.27. The summed E-state index contributed by atoms with van der Waals surface area (Å²) in [5.74, 6) is 6.55. The molecule has 2 aromatic rings. The van der Waals surface area contributed by atoms with E-state index >= 15 is 0 Å². The Labute approximate surface area is 152 Å². The lowest BCUT2D eigenvalue weighted by Crippen LogP contribution is -2.46. The van der Waals surface area contributed by atoms with Crippen LogP contribution in [0.5, 0.6) is 0 Å². The van der Waals surface area contributed by atoms with Gasteiger partial charge in [-0.05, 0) is 31.0 Å². The number of piperazine rings is 1. The monoisotopic (exact) mass is 349 g/mol. The molecule has 26 heavy (non-hydrogen) atoms. The number of aryl methyl sites for hydroxylation is 1. The minimum absolute atomic E-state index is 0.0337. The molecule has 0 aliphatic carbocycles. The molecule has 3 heterocycles. The molecule has 0 saturated carbocycles. The zero-order chi connectivity index (χ0) is 18.5. The fourth-order valence-corrected chi connectivity index (χ4v) is 2.73. The molecule has 0 aromatic carbocycles. The number of rotatable bonds is 3. The van der Waals surface area contributed by atoms with Gasteiger partial charge < -0.3 is 9.80 Å². The first-order chi connectivity index (χ1) is 12.5. The van der Waals surface area contributed by atoms with Crippen molar-refractivity contribution >= 4 is 11.5 Å². The maximum absolute atomic E-state index is 11.2. The quantitative estimate of drug-likeness (QED) is 0.481. The minimum Gasteiger partial charge on any atom is -0.362 e. The highest BCUT2D eigenvalue weighted by atomic mass is 16.6. The van der Waals surface area contributed by atoms with Gasteiger partial charge in [0.2, 0.25) is 5.82 Å². The van der Waals surface area contributed by atoms with Crippen molar-refractivity contribution in [3.63, 3.8) is 0 Å². The van der Waals surface area contributed by atoms with Crippen molar-refractivity contribution in [3.05, 3.63) is 70.3 Å². The van der Waals surface area contributed by atoms with Crippen LogP contribution < -0.4 is 4.90 Å². The smallest absolute Gasteiger partial charge is 0.311 e. The number of nitro groups is 1. The number of allylic oxidation sites excluding steroid dienone is 1. The molecule has 1 aliphatic rings. The lowest BCUT2D eigenvalue weighted by atomic mass is 10.2. The fraction of sp³-hybridized carbons (Fsp3) is 0.263. The van der Waals surface area contributed by atoms with E-state index in [4.69, 9.17) is 0 Å². The molecule has 7 heteroatoms. The molecule has 3 rings (SSSR count). The standard InChI is InChI=1S/C19H19N5O2/c1-15-5-7-17(14-21-15)8-6-16(2)22-10-12-23(13-11-22)19-18(24(25)26)4-3-9-20-19/h3-5,7,9,14H,2,10-13H2,1H3. The number of anilines is 1. The number of hydrogen-bond acceptors (Lipinski definition) is 6. The SMILES string of the molecule is C=C(C#Cc1ccc(C)nc1)N1CCN(c2ncccc2[N+](=O)[O-])CC1. The van der Waals surface area contributed by atoms with Gasteiger partial charge in [0, 0.05) is 55.9 Å². The molecule has 0 radical (unpaired) electrons. The van der Waals surface area contributed by atoms with Crippen LogP contribution in [-0.2, 0) is 0 Å². The van der Waals surface area contributed by atoms with Crippen LogP contribution in [-0.4, -0.2) is 46.0 Å². The van der Waals surface area contributed by atoms with Crippen LogP contribution in [0.1, 0.15) is 11.3 Å². The molecular weight excluding hydrogens is 330 g/mol. The Morgan fingerprint density at radius 3 is 2.65 bits per heavy atom. The Morgan fingerprint density at radius 2 is 2.00 bits per heavy atom. The van der Waals surface area contributed by atoms with E-state index in [1.807, 2.05) is 24.0 Å². The first kappa shape index (κ1) is 17.4. The van der Waals surface area contributed by atoms with Crippen molar-refractivity contribution in [3.8, 4) is 11.8 Å². The highest BCUT2D eigenvalue weighted by molar-refractivity contribution is 5.57. The second-order valence-electron chi connectivity index (χ2n) is 5.96. The summed E-state index contributed by atoms with van der Waals surface area (Å²) >= 11 is 0. The Morgan fingerprint density at radius 1 is 1.23 bits per heavy atom. The van der Waals surface area contributed by atoms with Gasteiger partial charge in [-0.25, -0.2) is 4.98 Å². The van der Waals surface area contributed by atoms with Crippen LogP contribution in [0.3, 0.4) is 0 Å². The van der Waals surface area contributed by atoms with Gasteiger partial charge in [-0.1, -0.05) is 12.5 Å². The molecule has 1 fully saturated rings. The van der Waals surface area contributed by atoms with E-state index in [0.717, 1.165) is 17.0 Å². The summed E-state index contributed by atoms with van der Waals surface area (Å²) in [6.45, 7) is 8.61. The lowest BCUT2D eigenvalue weighted by molar-refractivity contribution is -0.384. The van der Waals surface area contributed by atoms with Crippen LogP contribution >= 0.6 is 0 Å². The summed E-state index contributed by atoms with van der Waals surface area (Å²) in [7, 11) is 0. The molecule has 0 N–H and O–H groups in total. The number of hydrogen-bond donors (Lipinski definition) is 0. The van der Waals surface area contributed by atoms with Crippen LogP contribution in [0.15, 0.2) is 48.9 Å². The van der Waals surface area contributed by atoms with Crippen molar-refractivity contribution in [2.75, 3.05) is 31.1 Å². The zero-order valence-corrected chi connectivity index (χ0v) is 14.6. The van der Waals surface area contributed by atoms with Crippen molar-refractivity contribution < 1.29 is 4.92 Å². The molecule has 0 bridgehead atoms. The minimum atomic E-state index is -0.394. The summed E-state index contributed by atoms with van der Waals surface area (Å²) in [6.07, 6.45) is 3.32. The van der Waals surface area contributed by atoms with Crippen LogP contribution in [0.2, 0.25) is 0 Å². The third kappa shape index (κ3) is 3.98. The lowest BCUT2D eigenvalue weighted by Gasteiger charge is -2.35. The Hall–Kier alpha value is -3.40. The topological polar surface area (TPSA) is 75.4 Å². The van der Waals surface area contributed by atoms with Crippen LogP contribution in [0.25, 0.3) is 0 Å². The van der Waals surface area contributed by atoms with E-state index in [0.29, 0.717) is 32.0 Å². The maximum atomic E-state index is 11.2. The van der Waals surface area contributed by atoms with Gasteiger partial charge in [0.15, 0.2) is 0 Å². The van der Waals surface area contributed by atoms with Crippen molar-refractivity contribution in [1.29, 1.82) is 0 Å². The van der Waals surface area contributed by atoms with Gasteiger partial charge >= 0.3 is 5.69 Å². The van der Waals surface area contributed by atoms with Gasteiger partial charge in [-0.15, -0.1) is 0 Å². The molecule has 2 aromatic heterocycles. The molecule has 7 nitrogen and oxygen atoms in total. The second kappa shape index (κ2) is 7.66. The van der Waals surface area contributed by atoms with Gasteiger partial charge in [0.1, 0.15) is 0 Å². The number of nitrogens with zero attached hydrogens (tertiary/aromatic N) is 5. The maximum Gasteiger partial charge on any atom is 0.311 e. The summed E-state index contributed by atoms with van der Waals surface area (Å²) in [6, 6.07) is 6.91. The van der Waals surface area contributed by atoms with Gasteiger partial charge in [0.25, 0.3) is 0 Å². The first-order valence-electron chi connectivity index (χ1n) is 8.27. The van der Waals surface area contributed by atoms with Crippen LogP contribution in [0.4, 0.5) is 11.5 Å². The fourth-order valence-electron chi connectivity index (χ4n) is 2.73. The zero-order valence-electron chi connectivity index (χ0n) is 14.6. The van der Waals surface area contributed by atoms with E-state index in [1.165, 1.54) is 6.07 Å². The van der Waals surface area contributed by atoms with E-state index < -0.39 is 4.92 Å². The second-order valence-corrected chi connectivity index (χ2v) is 5.96. The van der Waals surface area contributed by atoms with Crippen molar-refractivity contribution in [2.24, 2.45) is 0 Å². The van der Waals surface area contributed by atoms with Gasteiger partial charge in [0.05, 0.1) is 10.6 Å². The largest absolute Gasteiger partial charge is 0.362 e. The molecule has 1 aliphatic heterocycles. The van der Waals surface area contributed by atoms with E-state index in [-0.39, 0.29) is 5.69 Å². The summed E-state index contributed by atoms with van der Waals surface area (Å²) in [5, 5.41) is 11.2. The molecule has 0 unspecified atom stereocenters. The predicted molar refractivity (Wildman–Crippen MR) is 99.7 cm³/mol. The summed E-state index contributed by atoms with van der Waals surface area (Å²) in [5.41, 5.74) is 2.57. The van der Waals surface area contributed by atoms with E-state index in [2.05, 4.69) is 33.3 Å². The summed E-state index contributed by atoms with van der Waals surface area (Å²) in [4.78, 5) is 23.2. The molecule has 0 amide bonds. The normalized spacial score (nSPS) is 13.7. The highest BCUT2D eigenvalue weighted by Gasteiger charge is 2.24. The average Bonchev–Trinajstić information content (AvgIpc) is 2.67. The Kier molecular flexibility index (Phi) is 5.13. The van der Waals surface area contributed by atoms with E-state index in [9.17, 15) is 10.1 Å². The molecule has 0 atom stereocenters. The van der Waals surface area contributed by atoms with Crippen LogP contribution in [0, 0.1) is 28.9 Å². The van der Waals surface area contributed by atoms with Gasteiger partial charge in [-0.2, -0.15) is 0 Å². The molecule has 0 spiro atoms. The molecule has 1 saturated heterocycles. The number of pyridine rings is 2. The number of aromatic nitrogens is 2. The Bertz CT molecular complexity index is 875. The van der Waals surface area contributed by atoms with Crippen molar-refractivity contribution in [2.45, 2.75) is 6.92 Å². The predicted octanol–water partition coefficient (Wildman–Crippen LogP) is 2.38. The highest BCUT2D eigenvalue weighted by Crippen LogP contribution is 2.26. The van der Waals surface area contributed by atoms with Gasteiger partial charge in [-0.3, -0.25) is 15.1 Å². The molecule has 132 valence electrons.